The van der Waals surface area contributed by atoms with E-state index < -0.39 is 5.91 Å². The summed E-state index contributed by atoms with van der Waals surface area (Å²) in [6, 6.07) is 14.7. The fourth-order valence-corrected chi connectivity index (χ4v) is 5.08. The Kier molecular flexibility index (Phi) is 6.62. The van der Waals surface area contributed by atoms with Crippen LogP contribution in [0.15, 0.2) is 48.5 Å². The average Bonchev–Trinajstić information content (AvgIpc) is 3.11. The first-order valence-corrected chi connectivity index (χ1v) is 11.4. The Morgan fingerprint density at radius 2 is 1.74 bits per heavy atom. The summed E-state index contributed by atoms with van der Waals surface area (Å²) in [5.41, 5.74) is 2.58. The van der Waals surface area contributed by atoms with Gasteiger partial charge in [0.25, 0.3) is 11.8 Å². The highest BCUT2D eigenvalue weighted by Gasteiger charge is 2.28. The molecule has 4 rings (SSSR count). The first kappa shape index (κ1) is 21.8. The molecule has 2 heterocycles. The highest BCUT2D eigenvalue weighted by Crippen LogP contribution is 2.41. The van der Waals surface area contributed by atoms with Crippen LogP contribution in [0.3, 0.4) is 0 Å². The molecule has 5 nitrogen and oxygen atoms in total. The van der Waals surface area contributed by atoms with Gasteiger partial charge in [-0.2, -0.15) is 0 Å². The van der Waals surface area contributed by atoms with Crippen LogP contribution in [0.4, 0.5) is 5.00 Å². The van der Waals surface area contributed by atoms with Crippen LogP contribution in [-0.4, -0.2) is 43.0 Å². The van der Waals surface area contributed by atoms with Gasteiger partial charge in [-0.3, -0.25) is 9.59 Å². The van der Waals surface area contributed by atoms with Gasteiger partial charge in [0.2, 0.25) is 0 Å². The number of anilines is 1. The molecule has 8 heteroatoms. The summed E-state index contributed by atoms with van der Waals surface area (Å²) in [7, 11) is 0. The summed E-state index contributed by atoms with van der Waals surface area (Å²) in [5, 5.41) is 3.88. The van der Waals surface area contributed by atoms with E-state index in [0.29, 0.717) is 41.9 Å². The number of carbonyl (C=O) groups is 2. The van der Waals surface area contributed by atoms with Crippen LogP contribution in [0.5, 0.6) is 0 Å². The molecule has 1 aliphatic heterocycles. The van der Waals surface area contributed by atoms with Crippen molar-refractivity contribution in [1.29, 1.82) is 0 Å². The second-order valence-electron chi connectivity index (χ2n) is 7.09. The maximum Gasteiger partial charge on any atom is 0.257 e. The zero-order chi connectivity index (χ0) is 22.0. The van der Waals surface area contributed by atoms with Crippen LogP contribution in [0.2, 0.25) is 10.0 Å². The molecule has 2 amide bonds. The maximum absolute atomic E-state index is 13.4. The Balaban J connectivity index is 1.75. The number of halogens is 2. The monoisotopic (exact) mass is 474 g/mol. The molecule has 0 saturated carbocycles. The van der Waals surface area contributed by atoms with Crippen molar-refractivity contribution in [2.75, 3.05) is 31.6 Å². The molecule has 1 saturated heterocycles. The van der Waals surface area contributed by atoms with E-state index in [1.54, 1.807) is 23.1 Å². The number of thiophene rings is 1. The quantitative estimate of drug-likeness (QED) is 0.523. The van der Waals surface area contributed by atoms with E-state index in [2.05, 4.69) is 5.32 Å². The minimum Gasteiger partial charge on any atom is -0.378 e. The fourth-order valence-electron chi connectivity index (χ4n) is 3.50. The summed E-state index contributed by atoms with van der Waals surface area (Å²) >= 11 is 13.7. The predicted molar refractivity (Wildman–Crippen MR) is 126 cm³/mol. The Bertz CT molecular complexity index is 1130. The number of amides is 2. The van der Waals surface area contributed by atoms with Crippen molar-refractivity contribution in [3.8, 4) is 10.4 Å². The molecule has 0 radical (unpaired) electrons. The largest absolute Gasteiger partial charge is 0.378 e. The van der Waals surface area contributed by atoms with Crippen LogP contribution in [0.1, 0.15) is 26.3 Å². The number of benzene rings is 2. The molecule has 1 aromatic heterocycles. The smallest absolute Gasteiger partial charge is 0.257 e. The summed E-state index contributed by atoms with van der Waals surface area (Å²) < 4.78 is 5.38. The third-order valence-electron chi connectivity index (χ3n) is 5.12. The zero-order valence-electron chi connectivity index (χ0n) is 16.8. The molecule has 0 bridgehead atoms. The maximum atomic E-state index is 13.4. The van der Waals surface area contributed by atoms with Crippen molar-refractivity contribution in [3.63, 3.8) is 0 Å². The van der Waals surface area contributed by atoms with Gasteiger partial charge in [-0.25, -0.2) is 0 Å². The number of ether oxygens (including phenoxy) is 1. The van der Waals surface area contributed by atoms with Crippen molar-refractivity contribution < 1.29 is 14.3 Å². The van der Waals surface area contributed by atoms with Gasteiger partial charge in [-0.1, -0.05) is 59.6 Å². The summed E-state index contributed by atoms with van der Waals surface area (Å²) in [6.07, 6.45) is 0. The average molecular weight is 475 g/mol. The highest BCUT2D eigenvalue weighted by molar-refractivity contribution is 7.20. The lowest BCUT2D eigenvalue weighted by Gasteiger charge is -2.27. The van der Waals surface area contributed by atoms with Crippen molar-refractivity contribution in [2.45, 2.75) is 6.92 Å². The number of carbonyl (C=O) groups excluding carboxylic acids is 2. The van der Waals surface area contributed by atoms with Gasteiger partial charge in [0.1, 0.15) is 5.00 Å². The topological polar surface area (TPSA) is 58.6 Å². The van der Waals surface area contributed by atoms with Crippen molar-refractivity contribution in [2.24, 2.45) is 0 Å². The lowest BCUT2D eigenvalue weighted by Crippen LogP contribution is -2.41. The Morgan fingerprint density at radius 3 is 2.45 bits per heavy atom. The summed E-state index contributed by atoms with van der Waals surface area (Å²) in [4.78, 5) is 29.1. The second kappa shape index (κ2) is 9.40. The lowest BCUT2D eigenvalue weighted by atomic mass is 10.1. The first-order valence-electron chi connectivity index (χ1n) is 9.78. The molecule has 0 unspecified atom stereocenters. The van der Waals surface area contributed by atoms with E-state index in [1.807, 2.05) is 37.3 Å². The number of nitrogens with one attached hydrogen (secondary N) is 1. The number of hydrogen-bond donors (Lipinski definition) is 1. The Hall–Kier alpha value is -2.38. The van der Waals surface area contributed by atoms with Gasteiger partial charge < -0.3 is 15.0 Å². The predicted octanol–water partition coefficient (Wildman–Crippen LogP) is 5.76. The van der Waals surface area contributed by atoms with Gasteiger partial charge in [0, 0.05) is 18.0 Å². The minimum absolute atomic E-state index is 0.119. The normalized spacial score (nSPS) is 13.8. The van der Waals surface area contributed by atoms with Crippen molar-refractivity contribution >= 4 is 51.4 Å². The number of hydrogen-bond acceptors (Lipinski definition) is 4. The summed E-state index contributed by atoms with van der Waals surface area (Å²) in [6.45, 7) is 3.94. The van der Waals surface area contributed by atoms with Crippen molar-refractivity contribution in [3.05, 3.63) is 75.3 Å². The highest BCUT2D eigenvalue weighted by atomic mass is 35.5. The Morgan fingerprint density at radius 1 is 1.03 bits per heavy atom. The molecule has 160 valence electrons. The van der Waals surface area contributed by atoms with E-state index in [-0.39, 0.29) is 16.5 Å². The van der Waals surface area contributed by atoms with Crippen LogP contribution < -0.4 is 5.32 Å². The van der Waals surface area contributed by atoms with Crippen LogP contribution in [0, 0.1) is 6.92 Å². The van der Waals surface area contributed by atoms with Gasteiger partial charge in [-0.05, 0) is 30.2 Å². The standard InChI is InChI=1S/C23H20Cl2N2O3S/c1-14-18(23(29)27-10-12-30-13-11-27)22(31-20(14)15-6-3-2-4-7-15)26-21(28)16-8-5-9-17(24)19(16)25/h2-9H,10-13H2,1H3,(H,26,28). The lowest BCUT2D eigenvalue weighted by molar-refractivity contribution is 0.0303. The third-order valence-corrected chi connectivity index (χ3v) is 7.19. The molecular formula is C23H20Cl2N2O3S. The molecule has 1 aliphatic rings. The first-order chi connectivity index (χ1) is 15.0. The van der Waals surface area contributed by atoms with Crippen LogP contribution in [-0.2, 0) is 4.74 Å². The van der Waals surface area contributed by atoms with Crippen LogP contribution >= 0.6 is 34.5 Å². The van der Waals surface area contributed by atoms with E-state index >= 15 is 0 Å². The molecule has 31 heavy (non-hydrogen) atoms. The molecule has 0 aliphatic carbocycles. The molecular weight excluding hydrogens is 455 g/mol. The zero-order valence-corrected chi connectivity index (χ0v) is 19.1. The number of rotatable bonds is 4. The molecule has 1 fully saturated rings. The molecule has 0 atom stereocenters. The third kappa shape index (κ3) is 4.48. The van der Waals surface area contributed by atoms with Gasteiger partial charge in [0.15, 0.2) is 0 Å². The van der Waals surface area contributed by atoms with E-state index in [0.717, 1.165) is 16.0 Å². The molecule has 0 spiro atoms. The van der Waals surface area contributed by atoms with Gasteiger partial charge in [0.05, 0.1) is 34.4 Å². The second-order valence-corrected chi connectivity index (χ2v) is 8.89. The van der Waals surface area contributed by atoms with E-state index in [9.17, 15) is 9.59 Å². The fraction of sp³-hybridized carbons (Fsp3) is 0.217. The number of morpholine rings is 1. The van der Waals surface area contributed by atoms with Gasteiger partial charge >= 0.3 is 0 Å². The molecule has 3 aromatic rings. The van der Waals surface area contributed by atoms with Gasteiger partial charge in [-0.15, -0.1) is 11.3 Å². The minimum atomic E-state index is -0.413. The SMILES string of the molecule is Cc1c(-c2ccccc2)sc(NC(=O)c2cccc(Cl)c2Cl)c1C(=O)N1CCOCC1. The van der Waals surface area contributed by atoms with E-state index in [4.69, 9.17) is 27.9 Å². The molecule has 1 N–H and O–H groups in total. The molecule has 2 aromatic carbocycles. The number of nitrogens with zero attached hydrogens (tertiary/aromatic N) is 1. The Labute approximate surface area is 194 Å². The van der Waals surface area contributed by atoms with Crippen molar-refractivity contribution in [1.82, 2.24) is 4.90 Å². The van der Waals surface area contributed by atoms with Crippen LogP contribution in [0.25, 0.3) is 10.4 Å². The van der Waals surface area contributed by atoms with E-state index in [1.165, 1.54) is 11.3 Å². The summed E-state index contributed by atoms with van der Waals surface area (Å²) in [5.74, 6) is -0.531.